The largest absolute Gasteiger partial charge is 0.488 e. The number of nitrogens with one attached hydrogen (secondary N) is 2. The molecule has 1 aliphatic heterocycles. The third-order valence-corrected chi connectivity index (χ3v) is 7.32. The maximum Gasteiger partial charge on any atom is 0.255 e. The molecule has 0 atom stereocenters. The number of nitrogens with zero attached hydrogens (tertiary/aromatic N) is 1. The monoisotopic (exact) mass is 497 g/mol. The third kappa shape index (κ3) is 5.24. The van der Waals surface area contributed by atoms with E-state index < -0.39 is 5.54 Å². The highest BCUT2D eigenvalue weighted by Crippen LogP contribution is 2.44. The minimum absolute atomic E-state index is 0.0379. The number of anilines is 2. The van der Waals surface area contributed by atoms with Gasteiger partial charge in [0.15, 0.2) is 0 Å². The van der Waals surface area contributed by atoms with Gasteiger partial charge in [-0.1, -0.05) is 42.5 Å². The van der Waals surface area contributed by atoms with E-state index in [0.29, 0.717) is 35.9 Å². The van der Waals surface area contributed by atoms with Crippen molar-refractivity contribution in [2.45, 2.75) is 37.3 Å². The zero-order valence-electron chi connectivity index (χ0n) is 20.7. The first-order valence-corrected chi connectivity index (χ1v) is 13.0. The van der Waals surface area contributed by atoms with Crippen LogP contribution in [-0.2, 0) is 9.53 Å². The van der Waals surface area contributed by atoms with E-state index in [1.54, 1.807) is 18.2 Å². The van der Waals surface area contributed by atoms with Crippen LogP contribution in [0.2, 0.25) is 0 Å². The molecule has 0 spiro atoms. The Morgan fingerprint density at radius 1 is 0.865 bits per heavy atom. The Morgan fingerprint density at radius 3 is 2.24 bits per heavy atom. The molecular formula is C30H31N3O4. The van der Waals surface area contributed by atoms with Gasteiger partial charge in [-0.05, 0) is 67.1 Å². The molecule has 37 heavy (non-hydrogen) atoms. The molecule has 190 valence electrons. The number of amides is 2. The molecule has 2 saturated carbocycles. The third-order valence-electron chi connectivity index (χ3n) is 7.32. The fourth-order valence-corrected chi connectivity index (χ4v) is 4.85. The van der Waals surface area contributed by atoms with Gasteiger partial charge in [0.05, 0.1) is 25.0 Å². The summed E-state index contributed by atoms with van der Waals surface area (Å²) in [4.78, 5) is 28.8. The fourth-order valence-electron chi connectivity index (χ4n) is 4.85. The summed E-state index contributed by atoms with van der Waals surface area (Å²) in [5.74, 6) is 0.330. The summed E-state index contributed by atoms with van der Waals surface area (Å²) in [5.41, 5.74) is 3.43. The lowest BCUT2D eigenvalue weighted by molar-refractivity contribution is -0.124. The number of benzene rings is 3. The van der Waals surface area contributed by atoms with Crippen LogP contribution in [0.1, 0.15) is 36.0 Å². The number of rotatable bonds is 8. The topological polar surface area (TPSA) is 79.9 Å². The molecule has 2 aliphatic carbocycles. The molecule has 3 aromatic rings. The lowest BCUT2D eigenvalue weighted by atomic mass is 10.1. The second kappa shape index (κ2) is 10.00. The van der Waals surface area contributed by atoms with Gasteiger partial charge in [0.25, 0.3) is 5.91 Å². The van der Waals surface area contributed by atoms with E-state index >= 15 is 0 Å². The highest BCUT2D eigenvalue weighted by molar-refractivity contribution is 6.07. The van der Waals surface area contributed by atoms with Crippen LogP contribution in [0, 0.1) is 0 Å². The van der Waals surface area contributed by atoms with Crippen LogP contribution < -0.4 is 15.4 Å². The molecule has 2 amide bonds. The summed E-state index contributed by atoms with van der Waals surface area (Å²) in [6.45, 7) is 2.80. The van der Waals surface area contributed by atoms with Crippen LogP contribution in [0.5, 0.6) is 5.75 Å². The molecule has 0 aromatic heterocycles. The molecule has 7 nitrogen and oxygen atoms in total. The van der Waals surface area contributed by atoms with Crippen molar-refractivity contribution < 1.29 is 19.1 Å². The van der Waals surface area contributed by atoms with Gasteiger partial charge < -0.3 is 20.1 Å². The first kappa shape index (κ1) is 23.7. The smallest absolute Gasteiger partial charge is 0.255 e. The molecule has 6 rings (SSSR count). The van der Waals surface area contributed by atoms with E-state index in [9.17, 15) is 9.59 Å². The zero-order valence-corrected chi connectivity index (χ0v) is 20.7. The maximum absolute atomic E-state index is 13.4. The molecule has 1 saturated heterocycles. The molecule has 7 heteroatoms. The van der Waals surface area contributed by atoms with Crippen LogP contribution in [-0.4, -0.2) is 54.7 Å². The Labute approximate surface area is 216 Å². The fraction of sp³-hybridized carbons (Fsp3) is 0.333. The van der Waals surface area contributed by atoms with Crippen molar-refractivity contribution in [3.8, 4) is 16.9 Å². The van der Waals surface area contributed by atoms with Crippen molar-refractivity contribution in [2.24, 2.45) is 0 Å². The van der Waals surface area contributed by atoms with Gasteiger partial charge in [0.1, 0.15) is 11.3 Å². The van der Waals surface area contributed by atoms with Gasteiger partial charge in [-0.3, -0.25) is 14.5 Å². The predicted octanol–water partition coefficient (Wildman–Crippen LogP) is 4.95. The second-order valence-corrected chi connectivity index (χ2v) is 10.0. The lowest BCUT2D eigenvalue weighted by Gasteiger charge is -2.34. The summed E-state index contributed by atoms with van der Waals surface area (Å²) in [6.07, 6.45) is 3.85. The van der Waals surface area contributed by atoms with Gasteiger partial charge >= 0.3 is 0 Å². The van der Waals surface area contributed by atoms with Crippen molar-refractivity contribution in [3.63, 3.8) is 0 Å². The molecule has 0 radical (unpaired) electrons. The van der Waals surface area contributed by atoms with Gasteiger partial charge in [0.2, 0.25) is 5.91 Å². The number of hydrogen-bond acceptors (Lipinski definition) is 5. The SMILES string of the molecule is O=C(Nc1ccc(-c2ccccc2)cc1)c1ccc(OC2CC2)c(NC(=O)C2(N3CCOCC3)CC2)c1. The van der Waals surface area contributed by atoms with Gasteiger partial charge in [-0.25, -0.2) is 0 Å². The lowest BCUT2D eigenvalue weighted by Crippen LogP contribution is -2.51. The number of carbonyl (C=O) groups excluding carboxylic acids is 2. The van der Waals surface area contributed by atoms with Crippen LogP contribution >= 0.6 is 0 Å². The van der Waals surface area contributed by atoms with Crippen molar-refractivity contribution in [3.05, 3.63) is 78.4 Å². The standard InChI is InChI=1S/C30H31N3O4/c34-28(31-24-9-6-22(7-10-24)21-4-2-1-3-5-21)23-8-13-27(37-25-11-12-25)26(20-23)32-29(35)30(14-15-30)33-16-18-36-19-17-33/h1-10,13,20,25H,11-12,14-19H2,(H,31,34)(H,32,35). The van der Waals surface area contributed by atoms with Crippen molar-refractivity contribution >= 4 is 23.2 Å². The molecular weight excluding hydrogens is 466 g/mol. The van der Waals surface area contributed by atoms with Crippen LogP contribution in [0.15, 0.2) is 72.8 Å². The highest BCUT2D eigenvalue weighted by Gasteiger charge is 2.54. The van der Waals surface area contributed by atoms with Gasteiger partial charge in [0, 0.05) is 24.3 Å². The normalized spacial score (nSPS) is 18.6. The summed E-state index contributed by atoms with van der Waals surface area (Å²) in [7, 11) is 0. The summed E-state index contributed by atoms with van der Waals surface area (Å²) < 4.78 is 11.5. The highest BCUT2D eigenvalue weighted by atomic mass is 16.5. The summed E-state index contributed by atoms with van der Waals surface area (Å²) >= 11 is 0. The predicted molar refractivity (Wildman–Crippen MR) is 143 cm³/mol. The second-order valence-electron chi connectivity index (χ2n) is 10.0. The number of morpholine rings is 1. The Balaban J connectivity index is 1.18. The minimum Gasteiger partial charge on any atom is -0.488 e. The Bertz CT molecular complexity index is 1280. The quantitative estimate of drug-likeness (QED) is 0.460. The molecule has 3 aromatic carbocycles. The summed E-state index contributed by atoms with van der Waals surface area (Å²) in [5, 5.41) is 6.07. The molecule has 2 N–H and O–H groups in total. The summed E-state index contributed by atoms with van der Waals surface area (Å²) in [6, 6.07) is 23.1. The van der Waals surface area contributed by atoms with E-state index in [2.05, 4.69) is 27.7 Å². The van der Waals surface area contributed by atoms with E-state index in [1.165, 1.54) is 0 Å². The Hall–Kier alpha value is -3.68. The molecule has 1 heterocycles. The number of hydrogen-bond donors (Lipinski definition) is 2. The Morgan fingerprint density at radius 2 is 1.57 bits per heavy atom. The van der Waals surface area contributed by atoms with Crippen molar-refractivity contribution in [1.82, 2.24) is 4.90 Å². The van der Waals surface area contributed by atoms with Crippen molar-refractivity contribution in [2.75, 3.05) is 36.9 Å². The van der Waals surface area contributed by atoms with Crippen LogP contribution in [0.4, 0.5) is 11.4 Å². The molecule has 0 unspecified atom stereocenters. The van der Waals surface area contributed by atoms with E-state index in [-0.39, 0.29) is 17.9 Å². The number of carbonyl (C=O) groups is 2. The van der Waals surface area contributed by atoms with E-state index in [4.69, 9.17) is 9.47 Å². The van der Waals surface area contributed by atoms with E-state index in [0.717, 1.165) is 49.9 Å². The van der Waals surface area contributed by atoms with Gasteiger partial charge in [-0.2, -0.15) is 0 Å². The molecule has 3 aliphatic rings. The molecule has 0 bridgehead atoms. The van der Waals surface area contributed by atoms with E-state index in [1.807, 2.05) is 42.5 Å². The average Bonchev–Trinajstić information content (AvgIpc) is 3.87. The van der Waals surface area contributed by atoms with Crippen molar-refractivity contribution in [1.29, 1.82) is 0 Å². The maximum atomic E-state index is 13.4. The Kier molecular flexibility index (Phi) is 6.40. The first-order chi connectivity index (χ1) is 18.1. The average molecular weight is 498 g/mol. The minimum atomic E-state index is -0.487. The van der Waals surface area contributed by atoms with Gasteiger partial charge in [-0.15, -0.1) is 0 Å². The van der Waals surface area contributed by atoms with Crippen LogP contribution in [0.3, 0.4) is 0 Å². The molecule has 3 fully saturated rings. The first-order valence-electron chi connectivity index (χ1n) is 13.0. The van der Waals surface area contributed by atoms with Crippen LogP contribution in [0.25, 0.3) is 11.1 Å². The number of ether oxygens (including phenoxy) is 2. The zero-order chi connectivity index (χ0) is 25.2.